The van der Waals surface area contributed by atoms with Gasteiger partial charge in [0.05, 0.1) is 6.07 Å². The number of benzene rings is 1. The smallest absolute Gasteiger partial charge is 0.135 e. The molecule has 2 rings (SSSR count). The van der Waals surface area contributed by atoms with Crippen LogP contribution >= 0.6 is 27.7 Å². The van der Waals surface area contributed by atoms with Crippen LogP contribution in [0.4, 0.5) is 5.69 Å². The molecule has 0 saturated carbocycles. The Bertz CT molecular complexity index is 394. The summed E-state index contributed by atoms with van der Waals surface area (Å²) >= 11 is 5.26. The van der Waals surface area contributed by atoms with Gasteiger partial charge in [0.2, 0.25) is 0 Å². The number of nitriles is 1. The predicted molar refractivity (Wildman–Crippen MR) is 68.1 cm³/mol. The van der Waals surface area contributed by atoms with Gasteiger partial charge in [-0.05, 0) is 30.4 Å². The van der Waals surface area contributed by atoms with Crippen molar-refractivity contribution in [1.82, 2.24) is 0 Å². The van der Waals surface area contributed by atoms with Crippen LogP contribution in [0.2, 0.25) is 0 Å². The van der Waals surface area contributed by atoms with Crippen molar-refractivity contribution in [2.75, 3.05) is 16.8 Å². The summed E-state index contributed by atoms with van der Waals surface area (Å²) in [5.74, 6) is 1.94. The van der Waals surface area contributed by atoms with Crippen LogP contribution in [0.1, 0.15) is 6.42 Å². The van der Waals surface area contributed by atoms with E-state index >= 15 is 0 Å². The highest BCUT2D eigenvalue weighted by molar-refractivity contribution is 9.10. The van der Waals surface area contributed by atoms with Crippen molar-refractivity contribution in [2.45, 2.75) is 12.0 Å². The summed E-state index contributed by atoms with van der Waals surface area (Å²) in [6.45, 7) is 0. The Morgan fingerprint density at radius 1 is 1.53 bits per heavy atom. The van der Waals surface area contributed by atoms with Crippen LogP contribution in [-0.2, 0) is 0 Å². The maximum absolute atomic E-state index is 9.21. The first-order valence-electron chi connectivity index (χ1n) is 4.77. The molecule has 15 heavy (non-hydrogen) atoms. The van der Waals surface area contributed by atoms with Gasteiger partial charge in [-0.3, -0.25) is 0 Å². The van der Waals surface area contributed by atoms with Crippen LogP contribution in [0.5, 0.6) is 0 Å². The number of nitrogens with zero attached hydrogens (tertiary/aromatic N) is 1. The number of thioether (sulfide) groups is 1. The molecule has 0 spiro atoms. The maximum Gasteiger partial charge on any atom is 0.135 e. The molecule has 1 aliphatic heterocycles. The van der Waals surface area contributed by atoms with Gasteiger partial charge in [-0.1, -0.05) is 22.0 Å². The van der Waals surface area contributed by atoms with Crippen LogP contribution in [0.25, 0.3) is 0 Å². The Morgan fingerprint density at radius 3 is 3.00 bits per heavy atom. The highest BCUT2D eigenvalue weighted by Crippen LogP contribution is 2.31. The first-order chi connectivity index (χ1) is 7.24. The quantitative estimate of drug-likeness (QED) is 0.905. The van der Waals surface area contributed by atoms with Crippen LogP contribution in [0.3, 0.4) is 0 Å². The Kier molecular flexibility index (Phi) is 3.22. The summed E-state index contributed by atoms with van der Waals surface area (Å²) in [6, 6.07) is 10.3. The molecule has 0 radical (unpaired) electrons. The van der Waals surface area contributed by atoms with Gasteiger partial charge in [-0.15, -0.1) is 0 Å². The second kappa shape index (κ2) is 4.46. The predicted octanol–water partition coefficient (Wildman–Crippen LogP) is 3.26. The molecule has 1 aromatic carbocycles. The molecule has 1 fully saturated rings. The third kappa shape index (κ3) is 2.47. The van der Waals surface area contributed by atoms with E-state index in [1.165, 1.54) is 0 Å². The summed E-state index contributed by atoms with van der Waals surface area (Å²) in [5.41, 5.74) is 0.638. The molecule has 0 aliphatic carbocycles. The second-order valence-corrected chi connectivity index (χ2v) is 5.65. The molecular formula is C11H11BrN2S. The molecule has 1 aliphatic rings. The molecule has 1 unspecified atom stereocenters. The van der Waals surface area contributed by atoms with Gasteiger partial charge in [0.15, 0.2) is 0 Å². The topological polar surface area (TPSA) is 35.8 Å². The molecule has 1 N–H and O–H groups in total. The zero-order chi connectivity index (χ0) is 10.7. The van der Waals surface area contributed by atoms with E-state index in [4.69, 9.17) is 0 Å². The van der Waals surface area contributed by atoms with Crippen LogP contribution < -0.4 is 5.32 Å². The molecule has 2 nitrogen and oxygen atoms in total. The molecular weight excluding hydrogens is 272 g/mol. The van der Waals surface area contributed by atoms with Gasteiger partial charge in [0.1, 0.15) is 5.54 Å². The number of hydrogen-bond donors (Lipinski definition) is 1. The average molecular weight is 283 g/mol. The van der Waals surface area contributed by atoms with Crippen molar-refractivity contribution in [2.24, 2.45) is 0 Å². The van der Waals surface area contributed by atoms with Crippen molar-refractivity contribution in [1.29, 1.82) is 5.26 Å². The maximum atomic E-state index is 9.21. The second-order valence-electron chi connectivity index (χ2n) is 3.63. The summed E-state index contributed by atoms with van der Waals surface area (Å²) in [6.07, 6.45) is 0.917. The lowest BCUT2D eigenvalue weighted by atomic mass is 10.0. The molecule has 0 amide bonds. The van der Waals surface area contributed by atoms with E-state index in [-0.39, 0.29) is 5.54 Å². The third-order valence-corrected chi connectivity index (χ3v) is 4.13. The molecule has 0 bridgehead atoms. The molecule has 1 atom stereocenters. The minimum Gasteiger partial charge on any atom is -0.367 e. The first-order valence-corrected chi connectivity index (χ1v) is 6.72. The largest absolute Gasteiger partial charge is 0.367 e. The van der Waals surface area contributed by atoms with Crippen molar-refractivity contribution in [3.8, 4) is 6.07 Å². The molecule has 78 valence electrons. The minimum absolute atomic E-state index is 0.370. The summed E-state index contributed by atoms with van der Waals surface area (Å²) < 4.78 is 1.03. The number of halogens is 1. The third-order valence-electron chi connectivity index (χ3n) is 2.44. The number of nitrogens with one attached hydrogen (secondary N) is 1. The van der Waals surface area contributed by atoms with Crippen molar-refractivity contribution < 1.29 is 0 Å². The van der Waals surface area contributed by atoms with Crippen LogP contribution in [-0.4, -0.2) is 17.0 Å². The zero-order valence-electron chi connectivity index (χ0n) is 8.16. The molecule has 1 aromatic rings. The lowest BCUT2D eigenvalue weighted by molar-refractivity contribution is 0.666. The van der Waals surface area contributed by atoms with Crippen LogP contribution in [0.15, 0.2) is 28.7 Å². The van der Waals surface area contributed by atoms with E-state index in [0.29, 0.717) is 0 Å². The lowest BCUT2D eigenvalue weighted by Gasteiger charge is -2.22. The Morgan fingerprint density at radius 2 is 2.40 bits per heavy atom. The molecule has 4 heteroatoms. The molecule has 0 aromatic heterocycles. The van der Waals surface area contributed by atoms with Gasteiger partial charge in [-0.2, -0.15) is 17.0 Å². The molecule has 1 heterocycles. The zero-order valence-corrected chi connectivity index (χ0v) is 10.6. The highest BCUT2D eigenvalue weighted by atomic mass is 79.9. The fraction of sp³-hybridized carbons (Fsp3) is 0.364. The van der Waals surface area contributed by atoms with Gasteiger partial charge >= 0.3 is 0 Å². The van der Waals surface area contributed by atoms with Crippen LogP contribution in [0, 0.1) is 11.3 Å². The summed E-state index contributed by atoms with van der Waals surface area (Å²) in [4.78, 5) is 0. The number of anilines is 1. The fourth-order valence-corrected chi connectivity index (χ4v) is 3.29. The standard InChI is InChI=1S/C11H11BrN2S/c12-9-2-1-3-10(6-9)14-11(7-13)4-5-15-8-11/h1-3,6,14H,4-5,8H2. The van der Waals surface area contributed by atoms with E-state index in [2.05, 4.69) is 27.3 Å². The van der Waals surface area contributed by atoms with E-state index in [0.717, 1.165) is 28.1 Å². The van der Waals surface area contributed by atoms with E-state index in [1.807, 2.05) is 36.0 Å². The Labute approximate surface area is 102 Å². The van der Waals surface area contributed by atoms with Crippen molar-refractivity contribution in [3.63, 3.8) is 0 Å². The van der Waals surface area contributed by atoms with Crippen molar-refractivity contribution >= 4 is 33.4 Å². The lowest BCUT2D eigenvalue weighted by Crippen LogP contribution is -2.36. The SMILES string of the molecule is N#CC1(Nc2cccc(Br)c2)CCSC1. The van der Waals surface area contributed by atoms with Crippen molar-refractivity contribution in [3.05, 3.63) is 28.7 Å². The Balaban J connectivity index is 2.17. The normalized spacial score (nSPS) is 24.8. The number of rotatable bonds is 2. The van der Waals surface area contributed by atoms with Gasteiger partial charge in [0, 0.05) is 15.9 Å². The van der Waals surface area contributed by atoms with E-state index in [1.54, 1.807) is 0 Å². The first kappa shape index (κ1) is 10.8. The van der Waals surface area contributed by atoms with E-state index in [9.17, 15) is 5.26 Å². The van der Waals surface area contributed by atoms with E-state index < -0.39 is 0 Å². The summed E-state index contributed by atoms with van der Waals surface area (Å²) in [5, 5.41) is 12.5. The van der Waals surface area contributed by atoms with Gasteiger partial charge in [-0.25, -0.2) is 0 Å². The fourth-order valence-electron chi connectivity index (χ4n) is 1.62. The minimum atomic E-state index is -0.370. The molecule has 1 saturated heterocycles. The summed E-state index contributed by atoms with van der Waals surface area (Å²) in [7, 11) is 0. The average Bonchev–Trinajstić information content (AvgIpc) is 2.67. The van der Waals surface area contributed by atoms with Gasteiger partial charge < -0.3 is 5.32 Å². The monoisotopic (exact) mass is 282 g/mol. The Hall–Kier alpha value is -0.660. The van der Waals surface area contributed by atoms with Gasteiger partial charge in [0.25, 0.3) is 0 Å². The highest BCUT2D eigenvalue weighted by Gasteiger charge is 2.34. The number of hydrogen-bond acceptors (Lipinski definition) is 3.